The van der Waals surface area contributed by atoms with Crippen LogP contribution in [0.5, 0.6) is 0 Å². The summed E-state index contributed by atoms with van der Waals surface area (Å²) >= 11 is 0. The van der Waals surface area contributed by atoms with Crippen LogP contribution in [0.3, 0.4) is 0 Å². The van der Waals surface area contributed by atoms with Crippen LogP contribution in [0.4, 0.5) is 0 Å². The monoisotopic (exact) mass is 236 g/mol. The first-order chi connectivity index (χ1) is 8.33. The minimum atomic E-state index is 0.914. The SMILES string of the molecule is CCCCCCCCOC1=CCC=C(C)CC1. The molecule has 1 nitrogen and oxygen atoms in total. The number of allylic oxidation sites excluding steroid dienone is 4. The maximum atomic E-state index is 5.85. The molecular weight excluding hydrogens is 208 g/mol. The van der Waals surface area contributed by atoms with Crippen LogP contribution >= 0.6 is 0 Å². The van der Waals surface area contributed by atoms with Gasteiger partial charge in [0.15, 0.2) is 0 Å². The maximum Gasteiger partial charge on any atom is 0.0926 e. The fraction of sp³-hybridized carbons (Fsp3) is 0.750. The standard InChI is InChI=1S/C16H28O/c1-3-4-5-6-7-8-14-17-16-11-9-10-15(2)12-13-16/h10-11H,3-9,12-14H2,1-2H3. The van der Waals surface area contributed by atoms with Gasteiger partial charge in [0.2, 0.25) is 0 Å². The predicted octanol–water partition coefficient (Wildman–Crippen LogP) is 5.38. The van der Waals surface area contributed by atoms with Crippen molar-refractivity contribution in [2.75, 3.05) is 6.61 Å². The highest BCUT2D eigenvalue weighted by molar-refractivity contribution is 5.10. The Morgan fingerprint density at radius 2 is 1.76 bits per heavy atom. The van der Waals surface area contributed by atoms with Gasteiger partial charge in [-0.1, -0.05) is 50.7 Å². The first-order valence-electron chi connectivity index (χ1n) is 7.30. The number of unbranched alkanes of at least 4 members (excludes halogenated alkanes) is 5. The number of rotatable bonds is 8. The molecule has 0 heterocycles. The lowest BCUT2D eigenvalue weighted by Gasteiger charge is -2.09. The van der Waals surface area contributed by atoms with E-state index < -0.39 is 0 Å². The molecule has 0 aromatic heterocycles. The molecule has 0 aliphatic heterocycles. The van der Waals surface area contributed by atoms with Crippen LogP contribution in [0.15, 0.2) is 23.5 Å². The molecule has 98 valence electrons. The van der Waals surface area contributed by atoms with Crippen molar-refractivity contribution in [1.82, 2.24) is 0 Å². The normalized spacial score (nSPS) is 16.1. The molecule has 0 aromatic carbocycles. The van der Waals surface area contributed by atoms with Crippen LogP contribution in [0.2, 0.25) is 0 Å². The van der Waals surface area contributed by atoms with E-state index in [1.54, 1.807) is 0 Å². The molecule has 1 aliphatic rings. The Morgan fingerprint density at radius 1 is 1.00 bits per heavy atom. The molecular formula is C16H28O. The molecule has 0 amide bonds. The third-order valence-electron chi connectivity index (χ3n) is 3.36. The van der Waals surface area contributed by atoms with Crippen molar-refractivity contribution >= 4 is 0 Å². The van der Waals surface area contributed by atoms with E-state index in [1.165, 1.54) is 56.3 Å². The molecule has 0 atom stereocenters. The zero-order chi connectivity index (χ0) is 12.3. The third-order valence-corrected chi connectivity index (χ3v) is 3.36. The Kier molecular flexibility index (Phi) is 7.87. The van der Waals surface area contributed by atoms with Gasteiger partial charge in [0.05, 0.1) is 12.4 Å². The lowest BCUT2D eigenvalue weighted by molar-refractivity contribution is 0.195. The smallest absolute Gasteiger partial charge is 0.0926 e. The molecule has 0 N–H and O–H groups in total. The van der Waals surface area contributed by atoms with Crippen molar-refractivity contribution in [2.45, 2.75) is 71.6 Å². The molecule has 0 saturated heterocycles. The molecule has 0 bridgehead atoms. The quantitative estimate of drug-likeness (QED) is 0.406. The first-order valence-corrected chi connectivity index (χ1v) is 7.30. The highest BCUT2D eigenvalue weighted by Gasteiger charge is 2.03. The molecule has 0 saturated carbocycles. The summed E-state index contributed by atoms with van der Waals surface area (Å²) in [6.07, 6.45) is 15.9. The Bertz CT molecular complexity index is 250. The minimum Gasteiger partial charge on any atom is -0.498 e. The van der Waals surface area contributed by atoms with E-state index in [2.05, 4.69) is 26.0 Å². The van der Waals surface area contributed by atoms with Crippen LogP contribution < -0.4 is 0 Å². The summed E-state index contributed by atoms with van der Waals surface area (Å²) < 4.78 is 5.85. The van der Waals surface area contributed by atoms with E-state index in [9.17, 15) is 0 Å². The van der Waals surface area contributed by atoms with Crippen molar-refractivity contribution in [3.63, 3.8) is 0 Å². The third kappa shape index (κ3) is 7.25. The minimum absolute atomic E-state index is 0.914. The van der Waals surface area contributed by atoms with Gasteiger partial charge in [0.25, 0.3) is 0 Å². The number of hydrogen-bond acceptors (Lipinski definition) is 1. The predicted molar refractivity (Wildman–Crippen MR) is 75.0 cm³/mol. The first kappa shape index (κ1) is 14.3. The average molecular weight is 236 g/mol. The number of ether oxygens (including phenoxy) is 1. The molecule has 17 heavy (non-hydrogen) atoms. The Balaban J connectivity index is 1.98. The lowest BCUT2D eigenvalue weighted by Crippen LogP contribution is -1.95. The van der Waals surface area contributed by atoms with E-state index in [0.29, 0.717) is 0 Å². The Labute approximate surface area is 107 Å². The van der Waals surface area contributed by atoms with Crippen molar-refractivity contribution in [2.24, 2.45) is 0 Å². The highest BCUT2D eigenvalue weighted by atomic mass is 16.5. The zero-order valence-corrected chi connectivity index (χ0v) is 11.6. The second-order valence-electron chi connectivity index (χ2n) is 5.07. The van der Waals surface area contributed by atoms with Crippen molar-refractivity contribution < 1.29 is 4.74 Å². The molecule has 0 aromatic rings. The van der Waals surface area contributed by atoms with Crippen molar-refractivity contribution in [3.8, 4) is 0 Å². The largest absolute Gasteiger partial charge is 0.498 e. The van der Waals surface area contributed by atoms with Gasteiger partial charge in [-0.15, -0.1) is 0 Å². The Morgan fingerprint density at radius 3 is 2.59 bits per heavy atom. The summed E-state index contributed by atoms with van der Waals surface area (Å²) in [7, 11) is 0. The second-order valence-corrected chi connectivity index (χ2v) is 5.07. The van der Waals surface area contributed by atoms with Gasteiger partial charge in [0, 0.05) is 6.42 Å². The van der Waals surface area contributed by atoms with Crippen molar-refractivity contribution in [3.05, 3.63) is 23.5 Å². The summed E-state index contributed by atoms with van der Waals surface area (Å²) in [4.78, 5) is 0. The van der Waals surface area contributed by atoms with Gasteiger partial charge in [-0.05, 0) is 32.3 Å². The van der Waals surface area contributed by atoms with Gasteiger partial charge < -0.3 is 4.74 Å². The molecule has 1 heteroatoms. The summed E-state index contributed by atoms with van der Waals surface area (Å²) in [6, 6.07) is 0. The van der Waals surface area contributed by atoms with Crippen LogP contribution in [-0.2, 0) is 4.74 Å². The van der Waals surface area contributed by atoms with Crippen LogP contribution in [0, 0.1) is 0 Å². The van der Waals surface area contributed by atoms with Gasteiger partial charge >= 0.3 is 0 Å². The highest BCUT2D eigenvalue weighted by Crippen LogP contribution is 2.18. The molecule has 1 rings (SSSR count). The average Bonchev–Trinajstić information content (AvgIpc) is 2.53. The van der Waals surface area contributed by atoms with E-state index in [-0.39, 0.29) is 0 Å². The lowest BCUT2D eigenvalue weighted by atomic mass is 10.1. The van der Waals surface area contributed by atoms with Crippen LogP contribution in [0.1, 0.15) is 71.6 Å². The number of hydrogen-bond donors (Lipinski definition) is 0. The second kappa shape index (κ2) is 9.32. The van der Waals surface area contributed by atoms with E-state index in [4.69, 9.17) is 4.74 Å². The maximum absolute atomic E-state index is 5.85. The molecule has 0 unspecified atom stereocenters. The van der Waals surface area contributed by atoms with Gasteiger partial charge in [-0.25, -0.2) is 0 Å². The summed E-state index contributed by atoms with van der Waals surface area (Å²) in [5, 5.41) is 0. The summed E-state index contributed by atoms with van der Waals surface area (Å²) in [5.74, 6) is 1.21. The molecule has 0 fully saturated rings. The van der Waals surface area contributed by atoms with Gasteiger partial charge in [-0.3, -0.25) is 0 Å². The van der Waals surface area contributed by atoms with Crippen molar-refractivity contribution in [1.29, 1.82) is 0 Å². The molecule has 1 aliphatic carbocycles. The van der Waals surface area contributed by atoms with Crippen LogP contribution in [-0.4, -0.2) is 6.61 Å². The Hall–Kier alpha value is -0.720. The van der Waals surface area contributed by atoms with E-state index in [0.717, 1.165) is 19.4 Å². The van der Waals surface area contributed by atoms with Crippen LogP contribution in [0.25, 0.3) is 0 Å². The molecule has 0 radical (unpaired) electrons. The fourth-order valence-electron chi connectivity index (χ4n) is 2.13. The van der Waals surface area contributed by atoms with E-state index in [1.807, 2.05) is 0 Å². The topological polar surface area (TPSA) is 9.23 Å². The van der Waals surface area contributed by atoms with Gasteiger partial charge in [-0.2, -0.15) is 0 Å². The summed E-state index contributed by atoms with van der Waals surface area (Å²) in [5.41, 5.74) is 1.50. The fourth-order valence-corrected chi connectivity index (χ4v) is 2.13. The van der Waals surface area contributed by atoms with E-state index >= 15 is 0 Å². The zero-order valence-electron chi connectivity index (χ0n) is 11.6. The summed E-state index contributed by atoms with van der Waals surface area (Å²) in [6.45, 7) is 5.39. The molecule has 0 spiro atoms. The van der Waals surface area contributed by atoms with Gasteiger partial charge in [0.1, 0.15) is 0 Å².